The SMILES string of the molecule is CC(=O)NN(O)[C@H]1N(C)C(=O)N(Cc2ccccc2)C1(C)C. The van der Waals surface area contributed by atoms with Crippen molar-refractivity contribution in [3.63, 3.8) is 0 Å². The Labute approximate surface area is 130 Å². The minimum absolute atomic E-state index is 0.205. The Kier molecular flexibility index (Phi) is 4.39. The number of carbonyl (C=O) groups excluding carboxylic acids is 2. The standard InChI is InChI=1S/C15H22N4O3/c1-11(20)16-19(22)13-15(2,3)18(14(21)17(13)4)10-12-8-6-5-7-9-12/h5-9,13,22H,10H2,1-4H3,(H,16,20)/t13-/m1/s1. The summed E-state index contributed by atoms with van der Waals surface area (Å²) < 4.78 is 0. The highest BCUT2D eigenvalue weighted by Crippen LogP contribution is 2.33. The van der Waals surface area contributed by atoms with E-state index in [0.717, 1.165) is 5.56 Å². The first kappa shape index (κ1) is 16.3. The molecule has 2 rings (SSSR count). The molecule has 1 atom stereocenters. The molecule has 7 heteroatoms. The third-order valence-corrected chi connectivity index (χ3v) is 3.91. The minimum Gasteiger partial charge on any atom is -0.312 e. The second kappa shape index (κ2) is 5.94. The Morgan fingerprint density at radius 1 is 1.36 bits per heavy atom. The van der Waals surface area contributed by atoms with Gasteiger partial charge in [0, 0.05) is 20.5 Å². The molecule has 0 unspecified atom stereocenters. The number of carbonyl (C=O) groups is 2. The molecule has 1 aliphatic rings. The summed E-state index contributed by atoms with van der Waals surface area (Å²) in [7, 11) is 1.60. The Morgan fingerprint density at radius 3 is 2.50 bits per heavy atom. The molecular weight excluding hydrogens is 284 g/mol. The molecule has 7 nitrogen and oxygen atoms in total. The predicted molar refractivity (Wildman–Crippen MR) is 80.5 cm³/mol. The van der Waals surface area contributed by atoms with Crippen molar-refractivity contribution in [1.82, 2.24) is 20.4 Å². The van der Waals surface area contributed by atoms with Crippen molar-refractivity contribution in [1.29, 1.82) is 0 Å². The van der Waals surface area contributed by atoms with E-state index in [0.29, 0.717) is 11.7 Å². The van der Waals surface area contributed by atoms with Gasteiger partial charge >= 0.3 is 6.03 Å². The van der Waals surface area contributed by atoms with Gasteiger partial charge in [-0.05, 0) is 19.4 Å². The van der Waals surface area contributed by atoms with E-state index >= 15 is 0 Å². The maximum absolute atomic E-state index is 12.5. The van der Waals surface area contributed by atoms with E-state index in [1.807, 2.05) is 44.2 Å². The Bertz CT molecular complexity index is 561. The molecule has 0 spiro atoms. The third-order valence-electron chi connectivity index (χ3n) is 3.91. The van der Waals surface area contributed by atoms with Gasteiger partial charge in [-0.25, -0.2) is 4.79 Å². The highest BCUT2D eigenvalue weighted by molar-refractivity contribution is 5.78. The van der Waals surface area contributed by atoms with E-state index in [4.69, 9.17) is 0 Å². The van der Waals surface area contributed by atoms with Crippen LogP contribution in [0, 0.1) is 0 Å². The molecule has 0 aliphatic carbocycles. The highest BCUT2D eigenvalue weighted by atomic mass is 16.5. The van der Waals surface area contributed by atoms with Gasteiger partial charge in [-0.1, -0.05) is 35.5 Å². The van der Waals surface area contributed by atoms with Crippen LogP contribution in [0.3, 0.4) is 0 Å². The molecule has 1 saturated heterocycles. The summed E-state index contributed by atoms with van der Waals surface area (Å²) in [5.74, 6) is -0.402. The lowest BCUT2D eigenvalue weighted by atomic mass is 10.00. The van der Waals surface area contributed by atoms with Gasteiger partial charge in [0.2, 0.25) is 5.91 Å². The summed E-state index contributed by atoms with van der Waals surface area (Å²) in [6.45, 7) is 5.44. The number of hydrogen-bond acceptors (Lipinski definition) is 4. The zero-order valence-electron chi connectivity index (χ0n) is 13.3. The lowest BCUT2D eigenvalue weighted by molar-refractivity contribution is -0.211. The molecule has 1 aliphatic heterocycles. The average molecular weight is 306 g/mol. The van der Waals surface area contributed by atoms with E-state index < -0.39 is 17.6 Å². The highest BCUT2D eigenvalue weighted by Gasteiger charge is 2.53. The fourth-order valence-corrected chi connectivity index (χ4v) is 2.88. The number of hydrogen-bond donors (Lipinski definition) is 2. The molecule has 0 aromatic heterocycles. The van der Waals surface area contributed by atoms with Crippen molar-refractivity contribution in [2.24, 2.45) is 0 Å². The number of nitrogens with zero attached hydrogens (tertiary/aromatic N) is 3. The fourth-order valence-electron chi connectivity index (χ4n) is 2.88. The van der Waals surface area contributed by atoms with Crippen molar-refractivity contribution >= 4 is 11.9 Å². The van der Waals surface area contributed by atoms with Crippen molar-refractivity contribution in [2.45, 2.75) is 39.0 Å². The van der Waals surface area contributed by atoms with Crippen LogP contribution in [0.4, 0.5) is 4.79 Å². The molecule has 0 radical (unpaired) electrons. The van der Waals surface area contributed by atoms with Crippen LogP contribution in [-0.2, 0) is 11.3 Å². The zero-order chi connectivity index (χ0) is 16.5. The van der Waals surface area contributed by atoms with Gasteiger partial charge in [0.25, 0.3) is 0 Å². The molecule has 1 fully saturated rings. The van der Waals surface area contributed by atoms with E-state index in [-0.39, 0.29) is 6.03 Å². The lowest BCUT2D eigenvalue weighted by Gasteiger charge is -2.37. The van der Waals surface area contributed by atoms with Crippen molar-refractivity contribution in [2.75, 3.05) is 7.05 Å². The van der Waals surface area contributed by atoms with Crippen molar-refractivity contribution in [3.05, 3.63) is 35.9 Å². The first-order valence-electron chi connectivity index (χ1n) is 7.09. The first-order chi connectivity index (χ1) is 10.2. The third kappa shape index (κ3) is 2.90. The van der Waals surface area contributed by atoms with Crippen LogP contribution in [0.15, 0.2) is 30.3 Å². The van der Waals surface area contributed by atoms with Gasteiger partial charge in [0.15, 0.2) is 6.17 Å². The molecule has 1 aromatic carbocycles. The van der Waals surface area contributed by atoms with E-state index in [9.17, 15) is 14.8 Å². The van der Waals surface area contributed by atoms with Gasteiger partial charge < -0.3 is 9.80 Å². The van der Waals surface area contributed by atoms with Crippen LogP contribution in [-0.4, -0.2) is 50.9 Å². The van der Waals surface area contributed by atoms with Crippen molar-refractivity contribution < 1.29 is 14.8 Å². The smallest absolute Gasteiger partial charge is 0.312 e. The molecular formula is C15H22N4O3. The van der Waals surface area contributed by atoms with Gasteiger partial charge in [-0.15, -0.1) is 0 Å². The number of urea groups is 1. The number of hydrazine groups is 1. The maximum Gasteiger partial charge on any atom is 0.322 e. The van der Waals surface area contributed by atoms with Crippen LogP contribution < -0.4 is 5.43 Å². The maximum atomic E-state index is 12.5. The Morgan fingerprint density at radius 2 is 1.95 bits per heavy atom. The monoisotopic (exact) mass is 306 g/mol. The molecule has 2 N–H and O–H groups in total. The van der Waals surface area contributed by atoms with E-state index in [2.05, 4.69) is 5.43 Å². The number of amides is 3. The molecule has 1 heterocycles. The number of hydroxylamine groups is 1. The fraction of sp³-hybridized carbons (Fsp3) is 0.467. The quantitative estimate of drug-likeness (QED) is 0.825. The normalized spacial score (nSPS) is 20.6. The Hall–Kier alpha value is -2.12. The van der Waals surface area contributed by atoms with Gasteiger partial charge in [-0.3, -0.25) is 15.4 Å². The topological polar surface area (TPSA) is 76.1 Å². The molecule has 22 heavy (non-hydrogen) atoms. The first-order valence-corrected chi connectivity index (χ1v) is 7.09. The molecule has 0 saturated carbocycles. The summed E-state index contributed by atoms with van der Waals surface area (Å²) >= 11 is 0. The number of likely N-dealkylation sites (N-methyl/N-ethyl adjacent to an activating group) is 1. The largest absolute Gasteiger partial charge is 0.322 e. The lowest BCUT2D eigenvalue weighted by Crippen LogP contribution is -2.59. The zero-order valence-corrected chi connectivity index (χ0v) is 13.3. The second-order valence-corrected chi connectivity index (χ2v) is 6.01. The molecule has 3 amide bonds. The minimum atomic E-state index is -0.696. The predicted octanol–water partition coefficient (Wildman–Crippen LogP) is 1.40. The van der Waals surface area contributed by atoms with Crippen molar-refractivity contribution in [3.8, 4) is 0 Å². The van der Waals surface area contributed by atoms with Gasteiger partial charge in [0.05, 0.1) is 5.54 Å². The van der Waals surface area contributed by atoms with E-state index in [1.54, 1.807) is 11.9 Å². The van der Waals surface area contributed by atoms with Crippen LogP contribution >= 0.6 is 0 Å². The van der Waals surface area contributed by atoms with Crippen LogP contribution in [0.25, 0.3) is 0 Å². The number of rotatable bonds is 4. The van der Waals surface area contributed by atoms with Gasteiger partial charge in [0.1, 0.15) is 0 Å². The average Bonchev–Trinajstić information content (AvgIpc) is 2.59. The number of nitrogens with one attached hydrogen (secondary N) is 1. The summed E-state index contributed by atoms with van der Waals surface area (Å²) in [5, 5.41) is 10.8. The van der Waals surface area contributed by atoms with Crippen LogP contribution in [0.1, 0.15) is 26.3 Å². The Balaban J connectivity index is 2.25. The molecule has 0 bridgehead atoms. The second-order valence-electron chi connectivity index (χ2n) is 6.01. The number of benzene rings is 1. The summed E-state index contributed by atoms with van der Waals surface area (Å²) in [6.07, 6.45) is -0.687. The summed E-state index contributed by atoms with van der Waals surface area (Å²) in [4.78, 5) is 26.8. The summed E-state index contributed by atoms with van der Waals surface area (Å²) in [6, 6.07) is 9.44. The molecule has 1 aromatic rings. The van der Waals surface area contributed by atoms with E-state index in [1.165, 1.54) is 11.8 Å². The van der Waals surface area contributed by atoms with Crippen LogP contribution in [0.5, 0.6) is 0 Å². The van der Waals surface area contributed by atoms with Gasteiger partial charge in [-0.2, -0.15) is 0 Å². The van der Waals surface area contributed by atoms with Crippen LogP contribution in [0.2, 0.25) is 0 Å². The summed E-state index contributed by atoms with van der Waals surface area (Å²) in [5.41, 5.74) is 2.61. The molecule has 120 valence electrons.